The van der Waals surface area contributed by atoms with Crippen LogP contribution in [0.1, 0.15) is 29.8 Å². The quantitative estimate of drug-likeness (QED) is 0.615. The van der Waals surface area contributed by atoms with E-state index in [0.29, 0.717) is 30.2 Å². The normalized spacial score (nSPS) is 11.3. The maximum Gasteiger partial charge on any atom is 0.255 e. The van der Waals surface area contributed by atoms with Crippen LogP contribution in [0, 0.1) is 0 Å². The number of carbonyl (C=O) groups excluding carboxylic acids is 1. The molecule has 0 bridgehead atoms. The molecule has 0 aromatic heterocycles. The van der Waals surface area contributed by atoms with Crippen LogP contribution in [-0.4, -0.2) is 53.0 Å². The van der Waals surface area contributed by atoms with E-state index in [1.54, 1.807) is 50.2 Å². The Morgan fingerprint density at radius 3 is 2.00 bits per heavy atom. The van der Waals surface area contributed by atoms with Gasteiger partial charge in [-0.15, -0.1) is 0 Å². The first kappa shape index (κ1) is 23.5. The van der Waals surface area contributed by atoms with Crippen molar-refractivity contribution in [1.82, 2.24) is 9.62 Å². The van der Waals surface area contributed by atoms with E-state index < -0.39 is 10.0 Å². The number of carbonyl (C=O) groups is 1. The minimum Gasteiger partial charge on any atom is -0.493 e. The summed E-state index contributed by atoms with van der Waals surface area (Å²) in [6.07, 6.45) is 0. The number of benzene rings is 2. The van der Waals surface area contributed by atoms with Crippen LogP contribution in [0.4, 0.5) is 0 Å². The molecule has 0 fully saturated rings. The minimum atomic E-state index is -3.51. The molecule has 0 saturated carbocycles. The summed E-state index contributed by atoms with van der Waals surface area (Å²) in [6.45, 7) is 4.64. The average Bonchev–Trinajstić information content (AvgIpc) is 2.77. The Morgan fingerprint density at radius 1 is 0.900 bits per heavy atom. The van der Waals surface area contributed by atoms with Crippen LogP contribution in [0.15, 0.2) is 41.3 Å². The molecule has 164 valence electrons. The molecule has 0 radical (unpaired) electrons. The first-order valence-corrected chi connectivity index (χ1v) is 10.9. The standard InChI is InChI=1S/C21H28N2O6S/c1-6-23(7-2)30(25,26)16-10-8-15(9-11-16)14-22-21(24)17-12-13-18(27-3)20(29-5)19(17)28-4/h8-13H,6-7,14H2,1-5H3,(H,22,24). The van der Waals surface area contributed by atoms with Crippen molar-refractivity contribution in [2.45, 2.75) is 25.3 Å². The molecule has 2 aromatic rings. The lowest BCUT2D eigenvalue weighted by Crippen LogP contribution is -2.30. The van der Waals surface area contributed by atoms with Crippen LogP contribution in [-0.2, 0) is 16.6 Å². The zero-order chi connectivity index (χ0) is 22.3. The highest BCUT2D eigenvalue weighted by Crippen LogP contribution is 2.39. The molecule has 0 atom stereocenters. The first-order chi connectivity index (χ1) is 14.3. The van der Waals surface area contributed by atoms with Gasteiger partial charge in [0.1, 0.15) is 0 Å². The van der Waals surface area contributed by atoms with Crippen LogP contribution >= 0.6 is 0 Å². The van der Waals surface area contributed by atoms with Crippen LogP contribution in [0.5, 0.6) is 17.2 Å². The van der Waals surface area contributed by atoms with E-state index in [2.05, 4.69) is 5.32 Å². The molecule has 1 amide bonds. The van der Waals surface area contributed by atoms with Gasteiger partial charge in [-0.3, -0.25) is 4.79 Å². The molecule has 0 unspecified atom stereocenters. The Morgan fingerprint density at radius 2 is 1.50 bits per heavy atom. The molecule has 1 N–H and O–H groups in total. The molecule has 30 heavy (non-hydrogen) atoms. The second-order valence-electron chi connectivity index (χ2n) is 6.30. The predicted octanol–water partition coefficient (Wildman–Crippen LogP) is 2.67. The van der Waals surface area contributed by atoms with Crippen LogP contribution in [0.2, 0.25) is 0 Å². The lowest BCUT2D eigenvalue weighted by Gasteiger charge is -2.18. The Balaban J connectivity index is 2.16. The summed E-state index contributed by atoms with van der Waals surface area (Å²) in [5, 5.41) is 2.81. The van der Waals surface area contributed by atoms with Crippen molar-refractivity contribution in [2.75, 3.05) is 34.4 Å². The Labute approximate surface area is 177 Å². The van der Waals surface area contributed by atoms with Crippen LogP contribution in [0.3, 0.4) is 0 Å². The van der Waals surface area contributed by atoms with Gasteiger partial charge >= 0.3 is 0 Å². The first-order valence-electron chi connectivity index (χ1n) is 9.50. The highest BCUT2D eigenvalue weighted by atomic mass is 32.2. The molecule has 8 nitrogen and oxygen atoms in total. The summed E-state index contributed by atoms with van der Waals surface area (Å²) in [7, 11) is 0.905. The number of amides is 1. The topological polar surface area (TPSA) is 94.2 Å². The van der Waals surface area contributed by atoms with E-state index >= 15 is 0 Å². The van der Waals surface area contributed by atoms with Gasteiger partial charge in [-0.1, -0.05) is 26.0 Å². The van der Waals surface area contributed by atoms with E-state index in [4.69, 9.17) is 14.2 Å². The number of nitrogens with zero attached hydrogens (tertiary/aromatic N) is 1. The number of hydrogen-bond donors (Lipinski definition) is 1. The largest absolute Gasteiger partial charge is 0.493 e. The average molecular weight is 437 g/mol. The third-order valence-electron chi connectivity index (χ3n) is 4.67. The molecule has 0 saturated heterocycles. The summed E-state index contributed by atoms with van der Waals surface area (Å²) in [4.78, 5) is 12.9. The maximum absolute atomic E-state index is 12.7. The van der Waals surface area contributed by atoms with E-state index in [0.717, 1.165) is 5.56 Å². The van der Waals surface area contributed by atoms with Crippen molar-refractivity contribution >= 4 is 15.9 Å². The summed E-state index contributed by atoms with van der Waals surface area (Å²) in [5.74, 6) is 0.706. The molecule has 0 aliphatic heterocycles. The third-order valence-corrected chi connectivity index (χ3v) is 6.73. The van der Waals surface area contributed by atoms with Gasteiger partial charge < -0.3 is 19.5 Å². The molecular formula is C21H28N2O6S. The van der Waals surface area contributed by atoms with Gasteiger partial charge in [0.25, 0.3) is 5.91 Å². The van der Waals surface area contributed by atoms with Crippen molar-refractivity contribution < 1.29 is 27.4 Å². The Kier molecular flexibility index (Phi) is 8.08. The van der Waals surface area contributed by atoms with E-state index in [1.807, 2.05) is 0 Å². The molecule has 2 aromatic carbocycles. The molecule has 0 aliphatic rings. The number of ether oxygens (including phenoxy) is 3. The van der Waals surface area contributed by atoms with Crippen molar-refractivity contribution in [2.24, 2.45) is 0 Å². The van der Waals surface area contributed by atoms with Crippen LogP contribution in [0.25, 0.3) is 0 Å². The summed E-state index contributed by atoms with van der Waals surface area (Å²) >= 11 is 0. The molecule has 2 rings (SSSR count). The predicted molar refractivity (Wildman–Crippen MR) is 114 cm³/mol. The van der Waals surface area contributed by atoms with Crippen molar-refractivity contribution in [1.29, 1.82) is 0 Å². The highest BCUT2D eigenvalue weighted by molar-refractivity contribution is 7.89. The Bertz CT molecular complexity index is 970. The van der Waals surface area contributed by atoms with Gasteiger partial charge in [-0.2, -0.15) is 4.31 Å². The van der Waals surface area contributed by atoms with Crippen molar-refractivity contribution in [3.05, 3.63) is 47.5 Å². The molecule has 9 heteroatoms. The van der Waals surface area contributed by atoms with Crippen molar-refractivity contribution in [3.63, 3.8) is 0 Å². The van der Waals surface area contributed by atoms with E-state index in [-0.39, 0.29) is 23.1 Å². The maximum atomic E-state index is 12.7. The zero-order valence-corrected chi connectivity index (χ0v) is 18.7. The number of hydrogen-bond acceptors (Lipinski definition) is 6. The fourth-order valence-corrected chi connectivity index (χ4v) is 4.51. The minimum absolute atomic E-state index is 0.224. The van der Waals surface area contributed by atoms with E-state index in [9.17, 15) is 13.2 Å². The van der Waals surface area contributed by atoms with Gasteiger partial charge in [0.2, 0.25) is 15.8 Å². The summed E-state index contributed by atoms with van der Waals surface area (Å²) in [5.41, 5.74) is 1.07. The molecular weight excluding hydrogens is 408 g/mol. The number of rotatable bonds is 10. The van der Waals surface area contributed by atoms with Gasteiger partial charge in [-0.05, 0) is 29.8 Å². The number of nitrogens with one attached hydrogen (secondary N) is 1. The number of sulfonamides is 1. The fourth-order valence-electron chi connectivity index (χ4n) is 3.05. The van der Waals surface area contributed by atoms with E-state index in [1.165, 1.54) is 25.6 Å². The van der Waals surface area contributed by atoms with Gasteiger partial charge in [0.05, 0.1) is 31.8 Å². The molecule has 0 spiro atoms. The smallest absolute Gasteiger partial charge is 0.255 e. The van der Waals surface area contributed by atoms with Crippen molar-refractivity contribution in [3.8, 4) is 17.2 Å². The molecule has 0 heterocycles. The fraction of sp³-hybridized carbons (Fsp3) is 0.381. The zero-order valence-electron chi connectivity index (χ0n) is 17.9. The summed E-state index contributed by atoms with van der Waals surface area (Å²) in [6, 6.07) is 9.68. The molecule has 0 aliphatic carbocycles. The van der Waals surface area contributed by atoms with Gasteiger partial charge in [-0.25, -0.2) is 8.42 Å². The monoisotopic (exact) mass is 436 g/mol. The second-order valence-corrected chi connectivity index (χ2v) is 8.24. The lowest BCUT2D eigenvalue weighted by molar-refractivity contribution is 0.0947. The lowest BCUT2D eigenvalue weighted by atomic mass is 10.1. The highest BCUT2D eigenvalue weighted by Gasteiger charge is 2.22. The Hall–Kier alpha value is -2.78. The third kappa shape index (κ3) is 4.85. The van der Waals surface area contributed by atoms with Crippen LogP contribution < -0.4 is 19.5 Å². The second kappa shape index (κ2) is 10.3. The van der Waals surface area contributed by atoms with Gasteiger partial charge in [0.15, 0.2) is 11.5 Å². The summed E-state index contributed by atoms with van der Waals surface area (Å²) < 4.78 is 42.4. The van der Waals surface area contributed by atoms with Gasteiger partial charge in [0, 0.05) is 19.6 Å². The SMILES string of the molecule is CCN(CC)S(=O)(=O)c1ccc(CNC(=O)c2ccc(OC)c(OC)c2OC)cc1. The number of methoxy groups -OCH3 is 3.